The minimum Gasteiger partial charge on any atom is -0.384 e. The van der Waals surface area contributed by atoms with Gasteiger partial charge in [0.1, 0.15) is 0 Å². The number of piperidine rings is 1. The lowest BCUT2D eigenvalue weighted by molar-refractivity contribution is -0.130. The van der Waals surface area contributed by atoms with E-state index in [0.717, 1.165) is 25.9 Å². The zero-order chi connectivity index (χ0) is 16.7. The van der Waals surface area contributed by atoms with Crippen LogP contribution < -0.4 is 16.0 Å². The number of ether oxygens (including phenoxy) is 1. The number of amides is 2. The normalized spacial score (nSPS) is 15.9. The number of benzene rings is 1. The Bertz CT molecular complexity index is 537. The van der Waals surface area contributed by atoms with Crippen LogP contribution in [0, 0.1) is 5.41 Å². The van der Waals surface area contributed by atoms with Gasteiger partial charge < -0.3 is 20.7 Å². The Balaban J connectivity index is 0.00000288. The maximum Gasteiger partial charge on any atom is 0.251 e. The first-order valence-electron chi connectivity index (χ1n) is 8.00. The summed E-state index contributed by atoms with van der Waals surface area (Å²) in [6, 6.07) is 6.94. The van der Waals surface area contributed by atoms with Crippen molar-refractivity contribution in [3.63, 3.8) is 0 Å². The largest absolute Gasteiger partial charge is 0.384 e. The molecule has 1 aliphatic heterocycles. The molecule has 1 saturated heterocycles. The molecule has 0 saturated carbocycles. The molecule has 0 aromatic heterocycles. The number of hydrogen-bond acceptors (Lipinski definition) is 4. The second-order valence-corrected chi connectivity index (χ2v) is 5.85. The molecule has 1 aliphatic rings. The molecule has 0 atom stereocenters. The van der Waals surface area contributed by atoms with Crippen LogP contribution in [0.25, 0.3) is 0 Å². The summed E-state index contributed by atoms with van der Waals surface area (Å²) in [6.45, 7) is 4.50. The Morgan fingerprint density at radius 3 is 2.38 bits per heavy atom. The van der Waals surface area contributed by atoms with Gasteiger partial charge in [0.25, 0.3) is 5.91 Å². The highest BCUT2D eigenvalue weighted by Gasteiger charge is 2.39. The van der Waals surface area contributed by atoms with Gasteiger partial charge in [0, 0.05) is 24.9 Å². The lowest BCUT2D eigenvalue weighted by atomic mass is 9.78. The summed E-state index contributed by atoms with van der Waals surface area (Å²) in [4.78, 5) is 24.4. The zero-order valence-electron chi connectivity index (χ0n) is 14.2. The molecule has 24 heavy (non-hydrogen) atoms. The third-order valence-corrected chi connectivity index (χ3v) is 4.21. The average Bonchev–Trinajstić information content (AvgIpc) is 2.57. The van der Waals surface area contributed by atoms with E-state index in [2.05, 4.69) is 16.0 Å². The van der Waals surface area contributed by atoms with Crippen molar-refractivity contribution in [2.75, 3.05) is 38.7 Å². The average molecular weight is 356 g/mol. The van der Waals surface area contributed by atoms with Gasteiger partial charge in [-0.25, -0.2) is 0 Å². The van der Waals surface area contributed by atoms with E-state index in [4.69, 9.17) is 4.74 Å². The molecule has 3 N–H and O–H groups in total. The van der Waals surface area contributed by atoms with Gasteiger partial charge in [-0.15, -0.1) is 12.4 Å². The predicted molar refractivity (Wildman–Crippen MR) is 96.7 cm³/mol. The molecule has 0 bridgehead atoms. The van der Waals surface area contributed by atoms with Crippen molar-refractivity contribution in [3.05, 3.63) is 29.8 Å². The molecule has 0 spiro atoms. The quantitative estimate of drug-likeness (QED) is 0.727. The molecule has 1 aromatic carbocycles. The van der Waals surface area contributed by atoms with Crippen molar-refractivity contribution in [3.8, 4) is 0 Å². The summed E-state index contributed by atoms with van der Waals surface area (Å²) in [5.74, 6) is -0.133. The van der Waals surface area contributed by atoms with Gasteiger partial charge in [-0.2, -0.15) is 0 Å². The van der Waals surface area contributed by atoms with Crippen molar-refractivity contribution >= 4 is 29.9 Å². The minimum atomic E-state index is -0.488. The first-order valence-corrected chi connectivity index (χ1v) is 8.00. The van der Waals surface area contributed by atoms with E-state index in [1.54, 1.807) is 31.4 Å². The van der Waals surface area contributed by atoms with Crippen molar-refractivity contribution < 1.29 is 14.3 Å². The summed E-state index contributed by atoms with van der Waals surface area (Å²) < 4.78 is 5.28. The molecule has 1 heterocycles. The number of rotatable bonds is 6. The zero-order valence-corrected chi connectivity index (χ0v) is 15.0. The molecular formula is C17H26ClN3O3. The van der Waals surface area contributed by atoms with Crippen molar-refractivity contribution in [2.24, 2.45) is 5.41 Å². The van der Waals surface area contributed by atoms with Crippen molar-refractivity contribution in [1.29, 1.82) is 0 Å². The van der Waals surface area contributed by atoms with Gasteiger partial charge in [0.05, 0.1) is 12.0 Å². The van der Waals surface area contributed by atoms with Crippen LogP contribution in [0.5, 0.6) is 0 Å². The number of carbonyl (C=O) groups is 2. The van der Waals surface area contributed by atoms with Gasteiger partial charge in [-0.1, -0.05) is 0 Å². The second-order valence-electron chi connectivity index (χ2n) is 5.85. The Morgan fingerprint density at radius 2 is 1.83 bits per heavy atom. The fourth-order valence-electron chi connectivity index (χ4n) is 2.85. The van der Waals surface area contributed by atoms with E-state index in [9.17, 15) is 9.59 Å². The first-order chi connectivity index (χ1) is 11.1. The van der Waals surface area contributed by atoms with E-state index in [1.165, 1.54) is 0 Å². The van der Waals surface area contributed by atoms with Gasteiger partial charge in [0.2, 0.25) is 5.91 Å². The summed E-state index contributed by atoms with van der Waals surface area (Å²) in [7, 11) is 1.62. The van der Waals surface area contributed by atoms with Crippen LogP contribution in [-0.2, 0) is 9.53 Å². The Kier molecular flexibility index (Phi) is 8.18. The van der Waals surface area contributed by atoms with Crippen LogP contribution in [0.15, 0.2) is 24.3 Å². The maximum absolute atomic E-state index is 12.7. The van der Waals surface area contributed by atoms with Gasteiger partial charge in [-0.3, -0.25) is 9.59 Å². The number of nitrogens with one attached hydrogen (secondary N) is 3. The van der Waals surface area contributed by atoms with Crippen LogP contribution in [0.2, 0.25) is 0 Å². The number of methoxy groups -OCH3 is 1. The summed E-state index contributed by atoms with van der Waals surface area (Å²) in [5, 5.41) is 8.97. The highest BCUT2D eigenvalue weighted by molar-refractivity contribution is 5.97. The van der Waals surface area contributed by atoms with E-state index >= 15 is 0 Å². The first kappa shape index (κ1) is 20.4. The number of hydrogen-bond donors (Lipinski definition) is 3. The minimum absolute atomic E-state index is 0. The lowest BCUT2D eigenvalue weighted by Gasteiger charge is -2.35. The van der Waals surface area contributed by atoms with E-state index < -0.39 is 5.41 Å². The number of halogens is 1. The smallest absolute Gasteiger partial charge is 0.251 e. The molecule has 2 amide bonds. The molecule has 134 valence electrons. The topological polar surface area (TPSA) is 79.5 Å². The van der Waals surface area contributed by atoms with Crippen LogP contribution in [0.3, 0.4) is 0 Å². The lowest BCUT2D eigenvalue weighted by Crippen LogP contribution is -2.47. The molecule has 1 fully saturated rings. The standard InChI is InChI=1S/C17H25N3O3.ClH/c1-3-19-15(21)13-4-6-14(7-5-13)20-16(22)17(12-23-2)8-10-18-11-9-17;/h4-7,18H,3,8-12H2,1-2H3,(H,19,21)(H,20,22);1H. The van der Waals surface area contributed by atoms with Gasteiger partial charge in [-0.05, 0) is 57.1 Å². The molecule has 0 unspecified atom stereocenters. The van der Waals surface area contributed by atoms with Crippen LogP contribution in [0.1, 0.15) is 30.1 Å². The molecule has 7 heteroatoms. The number of carbonyl (C=O) groups excluding carboxylic acids is 2. The van der Waals surface area contributed by atoms with Crippen molar-refractivity contribution in [2.45, 2.75) is 19.8 Å². The fraction of sp³-hybridized carbons (Fsp3) is 0.529. The van der Waals surface area contributed by atoms with Crippen LogP contribution in [-0.4, -0.2) is 45.2 Å². The van der Waals surface area contributed by atoms with Crippen molar-refractivity contribution in [1.82, 2.24) is 10.6 Å². The fourth-order valence-corrected chi connectivity index (χ4v) is 2.85. The maximum atomic E-state index is 12.7. The molecule has 2 rings (SSSR count). The van der Waals surface area contributed by atoms with Crippen LogP contribution >= 0.6 is 12.4 Å². The van der Waals surface area contributed by atoms with Crippen LogP contribution in [0.4, 0.5) is 5.69 Å². The number of anilines is 1. The van der Waals surface area contributed by atoms with E-state index in [-0.39, 0.29) is 24.2 Å². The molecule has 0 aliphatic carbocycles. The second kappa shape index (κ2) is 9.61. The summed E-state index contributed by atoms with van der Waals surface area (Å²) >= 11 is 0. The highest BCUT2D eigenvalue weighted by atomic mass is 35.5. The summed E-state index contributed by atoms with van der Waals surface area (Å²) in [5.41, 5.74) is 0.786. The Morgan fingerprint density at radius 1 is 1.21 bits per heavy atom. The molecule has 1 aromatic rings. The molecule has 6 nitrogen and oxygen atoms in total. The third kappa shape index (κ3) is 4.93. The summed E-state index contributed by atoms with van der Waals surface area (Å²) in [6.07, 6.45) is 1.51. The third-order valence-electron chi connectivity index (χ3n) is 4.21. The SMILES string of the molecule is CCNC(=O)c1ccc(NC(=O)C2(COC)CCNCC2)cc1.Cl. The molecule has 0 radical (unpaired) electrons. The van der Waals surface area contributed by atoms with E-state index in [0.29, 0.717) is 24.4 Å². The Hall–Kier alpha value is -1.63. The van der Waals surface area contributed by atoms with Gasteiger partial charge in [0.15, 0.2) is 0 Å². The van der Waals surface area contributed by atoms with Gasteiger partial charge >= 0.3 is 0 Å². The Labute approximate surface area is 149 Å². The molecular weight excluding hydrogens is 330 g/mol. The van der Waals surface area contributed by atoms with E-state index in [1.807, 2.05) is 6.92 Å². The monoisotopic (exact) mass is 355 g/mol. The highest BCUT2D eigenvalue weighted by Crippen LogP contribution is 2.30. The predicted octanol–water partition coefficient (Wildman–Crippen LogP) is 1.81.